The standard InChI is InChI=1S/C17H28N4O/c1-14-6-5-7-15(12-14)19-16(22)18-13-17(2,3)21-10-8-20(4)9-11-21/h5-7,12H,8-11,13H2,1-4H3,(H2,18,19,22). The third-order valence-corrected chi connectivity index (χ3v) is 4.32. The van der Waals surface area contributed by atoms with Crippen molar-refractivity contribution in [2.45, 2.75) is 26.3 Å². The van der Waals surface area contributed by atoms with Gasteiger partial charge in [0.25, 0.3) is 0 Å². The number of urea groups is 1. The molecule has 1 aliphatic heterocycles. The molecule has 0 saturated carbocycles. The summed E-state index contributed by atoms with van der Waals surface area (Å²) in [5.74, 6) is 0. The van der Waals surface area contributed by atoms with Crippen LogP contribution >= 0.6 is 0 Å². The van der Waals surface area contributed by atoms with Crippen LogP contribution in [0.4, 0.5) is 10.5 Å². The Bertz CT molecular complexity index is 507. The molecule has 1 fully saturated rings. The van der Waals surface area contributed by atoms with Crippen molar-refractivity contribution in [3.63, 3.8) is 0 Å². The predicted octanol–water partition coefficient (Wildman–Crippen LogP) is 2.14. The van der Waals surface area contributed by atoms with Gasteiger partial charge in [0.15, 0.2) is 0 Å². The average molecular weight is 304 g/mol. The molecular formula is C17H28N4O. The van der Waals surface area contributed by atoms with Crippen molar-refractivity contribution < 1.29 is 4.79 Å². The molecule has 0 unspecified atom stereocenters. The normalized spacial score (nSPS) is 17.3. The van der Waals surface area contributed by atoms with Crippen molar-refractivity contribution in [2.24, 2.45) is 0 Å². The van der Waals surface area contributed by atoms with E-state index in [2.05, 4.69) is 41.3 Å². The van der Waals surface area contributed by atoms with Gasteiger partial charge in [-0.3, -0.25) is 4.90 Å². The number of benzene rings is 1. The number of carbonyl (C=O) groups excluding carboxylic acids is 1. The fourth-order valence-electron chi connectivity index (χ4n) is 2.72. The largest absolute Gasteiger partial charge is 0.336 e. The Kier molecular flexibility index (Phi) is 5.42. The molecule has 0 bridgehead atoms. The third kappa shape index (κ3) is 4.71. The van der Waals surface area contributed by atoms with Crippen molar-refractivity contribution >= 4 is 11.7 Å². The molecule has 1 aromatic rings. The Morgan fingerprint density at radius 1 is 1.23 bits per heavy atom. The molecule has 5 nitrogen and oxygen atoms in total. The van der Waals surface area contributed by atoms with Crippen LogP contribution in [0.15, 0.2) is 24.3 Å². The fraction of sp³-hybridized carbons (Fsp3) is 0.588. The molecule has 0 aromatic heterocycles. The fourth-order valence-corrected chi connectivity index (χ4v) is 2.72. The van der Waals surface area contributed by atoms with Crippen molar-refractivity contribution in [3.8, 4) is 0 Å². The maximum Gasteiger partial charge on any atom is 0.319 e. The molecule has 1 saturated heterocycles. The van der Waals surface area contributed by atoms with Crippen LogP contribution in [0, 0.1) is 6.92 Å². The highest BCUT2D eigenvalue weighted by Gasteiger charge is 2.29. The highest BCUT2D eigenvalue weighted by Crippen LogP contribution is 2.16. The highest BCUT2D eigenvalue weighted by atomic mass is 16.2. The molecule has 2 rings (SSSR count). The lowest BCUT2D eigenvalue weighted by molar-refractivity contribution is 0.0636. The van der Waals surface area contributed by atoms with Gasteiger partial charge in [0.1, 0.15) is 0 Å². The highest BCUT2D eigenvalue weighted by molar-refractivity contribution is 5.89. The zero-order chi connectivity index (χ0) is 16.2. The summed E-state index contributed by atoms with van der Waals surface area (Å²) in [5.41, 5.74) is 1.93. The minimum atomic E-state index is -0.146. The van der Waals surface area contributed by atoms with Gasteiger partial charge in [-0.25, -0.2) is 4.79 Å². The number of hydrogen-bond donors (Lipinski definition) is 2. The first-order valence-corrected chi connectivity index (χ1v) is 7.92. The van der Waals surface area contributed by atoms with E-state index in [1.54, 1.807) is 0 Å². The molecule has 0 radical (unpaired) electrons. The zero-order valence-electron chi connectivity index (χ0n) is 14.1. The SMILES string of the molecule is Cc1cccc(NC(=O)NCC(C)(C)N2CCN(C)CC2)c1. The van der Waals surface area contributed by atoms with Crippen molar-refractivity contribution in [1.82, 2.24) is 15.1 Å². The van der Waals surface area contributed by atoms with Crippen LogP contribution in [0.3, 0.4) is 0 Å². The second-order valence-electron chi connectivity index (χ2n) is 6.78. The lowest BCUT2D eigenvalue weighted by Crippen LogP contribution is -2.58. The molecule has 1 aliphatic rings. The van der Waals surface area contributed by atoms with Crippen LogP contribution in [-0.4, -0.2) is 61.1 Å². The van der Waals surface area contributed by atoms with Crippen LogP contribution < -0.4 is 10.6 Å². The summed E-state index contributed by atoms with van der Waals surface area (Å²) in [6, 6.07) is 7.68. The Labute approximate surface area is 133 Å². The number of piperazine rings is 1. The second-order valence-corrected chi connectivity index (χ2v) is 6.78. The number of anilines is 1. The minimum Gasteiger partial charge on any atom is -0.336 e. The summed E-state index contributed by atoms with van der Waals surface area (Å²) in [6.45, 7) is 11.3. The van der Waals surface area contributed by atoms with Crippen LogP contribution in [0.1, 0.15) is 19.4 Å². The van der Waals surface area contributed by atoms with Crippen LogP contribution in [-0.2, 0) is 0 Å². The molecule has 22 heavy (non-hydrogen) atoms. The Hall–Kier alpha value is -1.59. The van der Waals surface area contributed by atoms with Crippen molar-refractivity contribution in [2.75, 3.05) is 45.1 Å². The smallest absolute Gasteiger partial charge is 0.319 e. The number of rotatable bonds is 4. The van der Waals surface area contributed by atoms with E-state index in [1.165, 1.54) is 0 Å². The van der Waals surface area contributed by atoms with Crippen LogP contribution in [0.2, 0.25) is 0 Å². The topological polar surface area (TPSA) is 47.6 Å². The molecular weight excluding hydrogens is 276 g/mol. The number of amides is 2. The number of nitrogens with one attached hydrogen (secondary N) is 2. The molecule has 1 heterocycles. The number of nitrogens with zero attached hydrogens (tertiary/aromatic N) is 2. The third-order valence-electron chi connectivity index (χ3n) is 4.32. The molecule has 0 aliphatic carbocycles. The molecule has 0 atom stereocenters. The first kappa shape index (κ1) is 16.8. The summed E-state index contributed by atoms with van der Waals surface area (Å²) < 4.78 is 0. The van der Waals surface area contributed by atoms with E-state index >= 15 is 0 Å². The lowest BCUT2D eigenvalue weighted by atomic mass is 10.0. The number of hydrogen-bond acceptors (Lipinski definition) is 3. The van der Waals surface area contributed by atoms with Crippen molar-refractivity contribution in [1.29, 1.82) is 0 Å². The van der Waals surface area contributed by atoms with Gasteiger partial charge in [-0.15, -0.1) is 0 Å². The Morgan fingerprint density at radius 3 is 2.55 bits per heavy atom. The van der Waals surface area contributed by atoms with E-state index < -0.39 is 0 Å². The lowest BCUT2D eigenvalue weighted by Gasteiger charge is -2.43. The van der Waals surface area contributed by atoms with Gasteiger partial charge in [-0.2, -0.15) is 0 Å². The maximum atomic E-state index is 12.1. The monoisotopic (exact) mass is 304 g/mol. The summed E-state index contributed by atoms with van der Waals surface area (Å²) >= 11 is 0. The molecule has 0 spiro atoms. The summed E-state index contributed by atoms with van der Waals surface area (Å²) in [5, 5.41) is 5.88. The molecule has 2 amide bonds. The predicted molar refractivity (Wildman–Crippen MR) is 91.3 cm³/mol. The van der Waals surface area contributed by atoms with E-state index in [9.17, 15) is 4.79 Å². The van der Waals surface area contributed by atoms with Gasteiger partial charge in [0, 0.05) is 44.0 Å². The quantitative estimate of drug-likeness (QED) is 0.896. The minimum absolute atomic E-state index is 0.0365. The summed E-state index contributed by atoms with van der Waals surface area (Å²) in [7, 11) is 2.15. The second kappa shape index (κ2) is 7.11. The molecule has 5 heteroatoms. The Balaban J connectivity index is 1.82. The zero-order valence-corrected chi connectivity index (χ0v) is 14.1. The van der Waals surface area contributed by atoms with E-state index in [0.717, 1.165) is 37.4 Å². The number of aryl methyl sites for hydroxylation is 1. The summed E-state index contributed by atoms with van der Waals surface area (Å²) in [4.78, 5) is 16.8. The average Bonchev–Trinajstić information content (AvgIpc) is 2.46. The molecule has 122 valence electrons. The maximum absolute atomic E-state index is 12.1. The van der Waals surface area contributed by atoms with E-state index in [4.69, 9.17) is 0 Å². The van der Waals surface area contributed by atoms with E-state index in [-0.39, 0.29) is 11.6 Å². The number of likely N-dealkylation sites (N-methyl/N-ethyl adjacent to an activating group) is 1. The first-order chi connectivity index (χ1) is 10.4. The van der Waals surface area contributed by atoms with Gasteiger partial charge >= 0.3 is 6.03 Å². The van der Waals surface area contributed by atoms with Gasteiger partial charge < -0.3 is 15.5 Å². The van der Waals surface area contributed by atoms with E-state index in [1.807, 2.05) is 31.2 Å². The van der Waals surface area contributed by atoms with Gasteiger partial charge in [0.2, 0.25) is 0 Å². The van der Waals surface area contributed by atoms with Crippen molar-refractivity contribution in [3.05, 3.63) is 29.8 Å². The van der Waals surface area contributed by atoms with Crippen LogP contribution in [0.25, 0.3) is 0 Å². The van der Waals surface area contributed by atoms with Gasteiger partial charge in [-0.05, 0) is 45.5 Å². The summed E-state index contributed by atoms with van der Waals surface area (Å²) in [6.07, 6.45) is 0. The molecule has 1 aromatic carbocycles. The van der Waals surface area contributed by atoms with Gasteiger partial charge in [-0.1, -0.05) is 12.1 Å². The van der Waals surface area contributed by atoms with Crippen LogP contribution in [0.5, 0.6) is 0 Å². The Morgan fingerprint density at radius 2 is 1.91 bits per heavy atom. The first-order valence-electron chi connectivity index (χ1n) is 7.92. The molecule has 2 N–H and O–H groups in total. The van der Waals surface area contributed by atoms with E-state index in [0.29, 0.717) is 6.54 Å². The van der Waals surface area contributed by atoms with Gasteiger partial charge in [0.05, 0.1) is 0 Å². The number of carbonyl (C=O) groups is 1.